The molecule has 0 fully saturated rings. The van der Waals surface area contributed by atoms with Gasteiger partial charge in [-0.15, -0.1) is 11.3 Å². The number of nitrogens with one attached hydrogen (secondary N) is 1. The first kappa shape index (κ1) is 21.0. The number of aromatic nitrogens is 2. The Kier molecular flexibility index (Phi) is 5.51. The minimum absolute atomic E-state index is 0.126. The summed E-state index contributed by atoms with van der Waals surface area (Å²) in [4.78, 5) is 39.0. The molecular formula is C22H17ClFN3O3S. The number of carbonyl (C=O) groups excluding carboxylic acids is 1. The van der Waals surface area contributed by atoms with E-state index < -0.39 is 23.0 Å². The lowest BCUT2D eigenvalue weighted by atomic mass is 10.1. The fourth-order valence-corrected chi connectivity index (χ4v) is 4.47. The quantitative estimate of drug-likeness (QED) is 0.497. The standard InChI is InChI=1S/C22H17ClFN3O3S/c1-12-7-13(2)9-15(8-12)27-21(29)20-18(5-6-31-20)26(22(27)30)11-19(28)25-14-3-4-17(24)16(23)10-14/h3-10H,11H2,1-2H3,(H,25,28). The van der Waals surface area contributed by atoms with Gasteiger partial charge in [0.2, 0.25) is 5.91 Å². The molecule has 0 radical (unpaired) electrons. The molecule has 31 heavy (non-hydrogen) atoms. The molecule has 0 aliphatic heterocycles. The summed E-state index contributed by atoms with van der Waals surface area (Å²) in [7, 11) is 0. The summed E-state index contributed by atoms with van der Waals surface area (Å²) in [6.07, 6.45) is 0. The second kappa shape index (κ2) is 8.13. The molecule has 0 aliphatic carbocycles. The molecule has 0 saturated heterocycles. The van der Waals surface area contributed by atoms with Crippen LogP contribution in [0.4, 0.5) is 10.1 Å². The van der Waals surface area contributed by atoms with Gasteiger partial charge in [-0.05, 0) is 66.8 Å². The van der Waals surface area contributed by atoms with E-state index in [-0.39, 0.29) is 11.6 Å². The minimum atomic E-state index is -0.617. The van der Waals surface area contributed by atoms with E-state index >= 15 is 0 Å². The molecular weight excluding hydrogens is 441 g/mol. The number of anilines is 1. The van der Waals surface area contributed by atoms with Crippen molar-refractivity contribution >= 4 is 44.7 Å². The van der Waals surface area contributed by atoms with Crippen LogP contribution in [0.1, 0.15) is 11.1 Å². The first-order valence-electron chi connectivity index (χ1n) is 9.31. The number of aryl methyl sites for hydroxylation is 2. The summed E-state index contributed by atoms with van der Waals surface area (Å²) in [5.74, 6) is -1.11. The molecule has 4 rings (SSSR count). The number of benzene rings is 2. The molecule has 9 heteroatoms. The van der Waals surface area contributed by atoms with Crippen molar-refractivity contribution in [2.24, 2.45) is 0 Å². The van der Waals surface area contributed by atoms with Gasteiger partial charge in [0.1, 0.15) is 17.1 Å². The third-order valence-electron chi connectivity index (χ3n) is 4.72. The van der Waals surface area contributed by atoms with Gasteiger partial charge in [-0.1, -0.05) is 17.7 Å². The molecule has 1 amide bonds. The van der Waals surface area contributed by atoms with Crippen LogP contribution < -0.4 is 16.6 Å². The maximum absolute atomic E-state index is 13.4. The SMILES string of the molecule is Cc1cc(C)cc(-n2c(=O)c3sccc3n(CC(=O)Nc3ccc(F)c(Cl)c3)c2=O)c1. The van der Waals surface area contributed by atoms with E-state index in [0.29, 0.717) is 21.6 Å². The van der Waals surface area contributed by atoms with E-state index in [4.69, 9.17) is 11.6 Å². The largest absolute Gasteiger partial charge is 0.336 e. The van der Waals surface area contributed by atoms with Crippen LogP contribution in [0.25, 0.3) is 15.9 Å². The monoisotopic (exact) mass is 457 g/mol. The van der Waals surface area contributed by atoms with Crippen LogP contribution in [-0.4, -0.2) is 15.0 Å². The van der Waals surface area contributed by atoms with Gasteiger partial charge in [-0.25, -0.2) is 13.8 Å². The zero-order valence-electron chi connectivity index (χ0n) is 16.6. The van der Waals surface area contributed by atoms with Crippen molar-refractivity contribution in [1.82, 2.24) is 9.13 Å². The lowest BCUT2D eigenvalue weighted by Crippen LogP contribution is -2.40. The number of amides is 1. The normalized spacial score (nSPS) is 11.1. The van der Waals surface area contributed by atoms with Gasteiger partial charge in [0.25, 0.3) is 5.56 Å². The molecule has 0 aliphatic rings. The van der Waals surface area contributed by atoms with Gasteiger partial charge < -0.3 is 5.32 Å². The summed E-state index contributed by atoms with van der Waals surface area (Å²) in [6.45, 7) is 3.43. The number of fused-ring (bicyclic) bond motifs is 1. The molecule has 6 nitrogen and oxygen atoms in total. The first-order valence-corrected chi connectivity index (χ1v) is 10.6. The molecule has 0 bridgehead atoms. The lowest BCUT2D eigenvalue weighted by molar-refractivity contribution is -0.116. The van der Waals surface area contributed by atoms with E-state index in [1.54, 1.807) is 23.6 Å². The third kappa shape index (κ3) is 4.04. The van der Waals surface area contributed by atoms with E-state index in [0.717, 1.165) is 21.8 Å². The summed E-state index contributed by atoms with van der Waals surface area (Å²) in [6, 6.07) is 10.9. The second-order valence-corrected chi connectivity index (χ2v) is 8.49. The highest BCUT2D eigenvalue weighted by molar-refractivity contribution is 7.17. The minimum Gasteiger partial charge on any atom is -0.324 e. The van der Waals surface area contributed by atoms with Gasteiger partial charge in [0.05, 0.1) is 16.2 Å². The van der Waals surface area contributed by atoms with Crippen LogP contribution in [0.3, 0.4) is 0 Å². The zero-order chi connectivity index (χ0) is 22.3. The number of thiophene rings is 1. The van der Waals surface area contributed by atoms with E-state index in [9.17, 15) is 18.8 Å². The third-order valence-corrected chi connectivity index (χ3v) is 5.91. The van der Waals surface area contributed by atoms with Crippen LogP contribution in [-0.2, 0) is 11.3 Å². The lowest BCUT2D eigenvalue weighted by Gasteiger charge is -2.13. The number of hydrogen-bond donors (Lipinski definition) is 1. The maximum Gasteiger partial charge on any atom is 0.336 e. The average molecular weight is 458 g/mol. The second-order valence-electron chi connectivity index (χ2n) is 7.17. The Morgan fingerprint density at radius 2 is 1.81 bits per heavy atom. The van der Waals surface area contributed by atoms with Crippen molar-refractivity contribution in [3.05, 3.63) is 90.6 Å². The zero-order valence-corrected chi connectivity index (χ0v) is 18.2. The fraction of sp³-hybridized carbons (Fsp3) is 0.136. The molecule has 2 aromatic carbocycles. The Morgan fingerprint density at radius 1 is 1.10 bits per heavy atom. The Hall–Kier alpha value is -3.23. The fourth-order valence-electron chi connectivity index (χ4n) is 3.47. The Balaban J connectivity index is 1.80. The van der Waals surface area contributed by atoms with Crippen molar-refractivity contribution in [2.75, 3.05) is 5.32 Å². The average Bonchev–Trinajstić information content (AvgIpc) is 3.17. The van der Waals surface area contributed by atoms with Crippen molar-refractivity contribution in [3.63, 3.8) is 0 Å². The van der Waals surface area contributed by atoms with Gasteiger partial charge in [-0.2, -0.15) is 0 Å². The van der Waals surface area contributed by atoms with Crippen LogP contribution in [0.5, 0.6) is 0 Å². The highest BCUT2D eigenvalue weighted by atomic mass is 35.5. The van der Waals surface area contributed by atoms with Crippen LogP contribution in [0.15, 0.2) is 57.4 Å². The number of halogens is 2. The Labute approximate surface area is 185 Å². The topological polar surface area (TPSA) is 73.1 Å². The molecule has 158 valence electrons. The van der Waals surface area contributed by atoms with Crippen LogP contribution in [0, 0.1) is 19.7 Å². The van der Waals surface area contributed by atoms with Crippen molar-refractivity contribution < 1.29 is 9.18 Å². The molecule has 1 N–H and O–H groups in total. The van der Waals surface area contributed by atoms with Crippen molar-refractivity contribution in [2.45, 2.75) is 20.4 Å². The van der Waals surface area contributed by atoms with Gasteiger partial charge in [0.15, 0.2) is 0 Å². The number of carbonyl (C=O) groups is 1. The highest BCUT2D eigenvalue weighted by Gasteiger charge is 2.18. The molecule has 0 unspecified atom stereocenters. The highest BCUT2D eigenvalue weighted by Crippen LogP contribution is 2.20. The Morgan fingerprint density at radius 3 is 2.48 bits per heavy atom. The summed E-state index contributed by atoms with van der Waals surface area (Å²) < 4.78 is 16.1. The number of nitrogens with zero attached hydrogens (tertiary/aromatic N) is 2. The van der Waals surface area contributed by atoms with Gasteiger partial charge in [0, 0.05) is 5.69 Å². The van der Waals surface area contributed by atoms with E-state index in [1.165, 1.54) is 28.0 Å². The maximum atomic E-state index is 13.4. The number of hydrogen-bond acceptors (Lipinski definition) is 4. The molecule has 4 aromatic rings. The van der Waals surface area contributed by atoms with Crippen molar-refractivity contribution in [1.29, 1.82) is 0 Å². The first-order chi connectivity index (χ1) is 14.7. The van der Waals surface area contributed by atoms with Crippen LogP contribution >= 0.6 is 22.9 Å². The smallest absolute Gasteiger partial charge is 0.324 e. The molecule has 0 atom stereocenters. The predicted octanol–water partition coefficient (Wildman–Crippen LogP) is 4.26. The van der Waals surface area contributed by atoms with Crippen molar-refractivity contribution in [3.8, 4) is 5.69 Å². The molecule has 0 spiro atoms. The van der Waals surface area contributed by atoms with E-state index in [1.807, 2.05) is 19.9 Å². The van der Waals surface area contributed by atoms with Crippen LogP contribution in [0.2, 0.25) is 5.02 Å². The Bertz CT molecular complexity index is 1430. The molecule has 2 aromatic heterocycles. The number of rotatable bonds is 4. The summed E-state index contributed by atoms with van der Waals surface area (Å²) in [5, 5.41) is 4.17. The van der Waals surface area contributed by atoms with E-state index in [2.05, 4.69) is 5.32 Å². The van der Waals surface area contributed by atoms with Gasteiger partial charge >= 0.3 is 5.69 Å². The summed E-state index contributed by atoms with van der Waals surface area (Å²) in [5.41, 5.74) is 1.90. The molecule has 2 heterocycles. The predicted molar refractivity (Wildman–Crippen MR) is 121 cm³/mol. The molecule has 0 saturated carbocycles. The summed E-state index contributed by atoms with van der Waals surface area (Å²) >= 11 is 6.96. The van der Waals surface area contributed by atoms with Gasteiger partial charge in [-0.3, -0.25) is 14.2 Å².